The van der Waals surface area contributed by atoms with Gasteiger partial charge in [-0.15, -0.1) is 11.3 Å². The minimum Gasteiger partial charge on any atom is -0.478 e. The zero-order valence-corrected chi connectivity index (χ0v) is 15.2. The van der Waals surface area contributed by atoms with Crippen molar-refractivity contribution in [3.05, 3.63) is 57.8 Å². The highest BCUT2D eigenvalue weighted by atomic mass is 32.1. The highest BCUT2D eigenvalue weighted by Gasteiger charge is 2.42. The van der Waals surface area contributed by atoms with Crippen molar-refractivity contribution in [1.82, 2.24) is 10.2 Å². The number of carbonyl (C=O) groups excluding carboxylic acids is 2. The van der Waals surface area contributed by atoms with Gasteiger partial charge in [-0.1, -0.05) is 18.2 Å². The third-order valence-corrected chi connectivity index (χ3v) is 5.61. The van der Waals surface area contributed by atoms with E-state index in [0.29, 0.717) is 13.0 Å². The van der Waals surface area contributed by atoms with Crippen LogP contribution in [0.25, 0.3) is 0 Å². The predicted octanol–water partition coefficient (Wildman–Crippen LogP) is 2.32. The highest BCUT2D eigenvalue weighted by Crippen LogP contribution is 2.39. The van der Waals surface area contributed by atoms with Gasteiger partial charge in [0.1, 0.15) is 0 Å². The average molecular weight is 372 g/mol. The topological polar surface area (TPSA) is 86.7 Å². The lowest BCUT2D eigenvalue weighted by Gasteiger charge is -2.23. The molecular weight excluding hydrogens is 352 g/mol. The Morgan fingerprint density at radius 3 is 2.62 bits per heavy atom. The Hall–Kier alpha value is -2.67. The second-order valence-electron chi connectivity index (χ2n) is 6.32. The second kappa shape index (κ2) is 7.70. The van der Waals surface area contributed by atoms with Gasteiger partial charge in [0.25, 0.3) is 0 Å². The second-order valence-corrected chi connectivity index (χ2v) is 7.30. The van der Waals surface area contributed by atoms with Crippen molar-refractivity contribution in [3.63, 3.8) is 0 Å². The number of carbonyl (C=O) groups is 3. The molecule has 2 heterocycles. The molecule has 1 fully saturated rings. The summed E-state index contributed by atoms with van der Waals surface area (Å²) in [6, 6.07) is 10.3. The SMILES string of the molecule is CN1C(=O)C[C@@H](C(=O)NCCc2ccc(C(=O)O)cc2)[C@H]1c1cccs1. The molecule has 7 heteroatoms. The normalized spacial score (nSPS) is 19.6. The number of likely N-dealkylation sites (tertiary alicyclic amines) is 1. The molecule has 2 aromatic rings. The molecular formula is C19H20N2O4S. The smallest absolute Gasteiger partial charge is 0.335 e. The van der Waals surface area contributed by atoms with Crippen LogP contribution in [0.1, 0.15) is 33.3 Å². The van der Waals surface area contributed by atoms with Crippen molar-refractivity contribution in [2.24, 2.45) is 5.92 Å². The number of nitrogens with zero attached hydrogens (tertiary/aromatic N) is 1. The molecule has 1 saturated heterocycles. The maximum Gasteiger partial charge on any atom is 0.335 e. The Labute approximate surface area is 155 Å². The van der Waals surface area contributed by atoms with Gasteiger partial charge >= 0.3 is 5.97 Å². The number of hydrogen-bond acceptors (Lipinski definition) is 4. The molecule has 0 unspecified atom stereocenters. The first kappa shape index (κ1) is 18.1. The molecule has 2 atom stereocenters. The van der Waals surface area contributed by atoms with Crippen molar-refractivity contribution in [2.45, 2.75) is 18.9 Å². The lowest BCUT2D eigenvalue weighted by molar-refractivity contribution is -0.128. The molecule has 2 N–H and O–H groups in total. The number of carboxylic acids is 1. The summed E-state index contributed by atoms with van der Waals surface area (Å²) in [5, 5.41) is 13.8. The number of rotatable bonds is 6. The van der Waals surface area contributed by atoms with E-state index in [-0.39, 0.29) is 35.8 Å². The fourth-order valence-electron chi connectivity index (χ4n) is 3.23. The van der Waals surface area contributed by atoms with Crippen LogP contribution >= 0.6 is 11.3 Å². The van der Waals surface area contributed by atoms with Crippen molar-refractivity contribution < 1.29 is 19.5 Å². The predicted molar refractivity (Wildman–Crippen MR) is 98.1 cm³/mol. The first-order valence-electron chi connectivity index (χ1n) is 8.36. The van der Waals surface area contributed by atoms with Crippen molar-refractivity contribution in [3.8, 4) is 0 Å². The minimum absolute atomic E-state index is 0.0205. The van der Waals surface area contributed by atoms with Crippen molar-refractivity contribution >= 4 is 29.1 Å². The monoisotopic (exact) mass is 372 g/mol. The summed E-state index contributed by atoms with van der Waals surface area (Å²) in [4.78, 5) is 38.2. The first-order chi connectivity index (χ1) is 12.5. The third-order valence-electron chi connectivity index (χ3n) is 4.67. The van der Waals surface area contributed by atoms with Gasteiger partial charge in [0.05, 0.1) is 17.5 Å². The fourth-order valence-corrected chi connectivity index (χ4v) is 4.16. The van der Waals surface area contributed by atoms with E-state index < -0.39 is 5.97 Å². The molecule has 0 spiro atoms. The van der Waals surface area contributed by atoms with Gasteiger partial charge in [0.2, 0.25) is 11.8 Å². The van der Waals surface area contributed by atoms with E-state index in [1.54, 1.807) is 47.5 Å². The quantitative estimate of drug-likeness (QED) is 0.815. The summed E-state index contributed by atoms with van der Waals surface area (Å²) in [5.74, 6) is -1.49. The van der Waals surface area contributed by atoms with Gasteiger partial charge < -0.3 is 15.3 Å². The molecule has 1 aromatic carbocycles. The molecule has 3 rings (SSSR count). The molecule has 0 radical (unpaired) electrons. The van der Waals surface area contributed by atoms with E-state index in [1.807, 2.05) is 17.5 Å². The molecule has 0 aliphatic carbocycles. The Balaban J connectivity index is 1.58. The van der Waals surface area contributed by atoms with Crippen LogP contribution in [0.4, 0.5) is 0 Å². The maximum absolute atomic E-state index is 12.6. The minimum atomic E-state index is -0.959. The van der Waals surface area contributed by atoms with E-state index in [1.165, 1.54) is 0 Å². The molecule has 1 aromatic heterocycles. The number of benzene rings is 1. The zero-order valence-electron chi connectivity index (χ0n) is 14.3. The Kier molecular flexibility index (Phi) is 5.37. The van der Waals surface area contributed by atoms with E-state index in [9.17, 15) is 14.4 Å². The Morgan fingerprint density at radius 2 is 2.00 bits per heavy atom. The van der Waals surface area contributed by atoms with Crippen LogP contribution in [0.5, 0.6) is 0 Å². The van der Waals surface area contributed by atoms with Crippen LogP contribution in [0.3, 0.4) is 0 Å². The summed E-state index contributed by atoms with van der Waals surface area (Å²) < 4.78 is 0. The molecule has 6 nitrogen and oxygen atoms in total. The summed E-state index contributed by atoms with van der Waals surface area (Å²) >= 11 is 1.55. The molecule has 136 valence electrons. The lowest BCUT2D eigenvalue weighted by Crippen LogP contribution is -2.35. The lowest BCUT2D eigenvalue weighted by atomic mass is 9.98. The van der Waals surface area contributed by atoms with Gasteiger partial charge in [0, 0.05) is 24.9 Å². The van der Waals surface area contributed by atoms with Gasteiger partial charge in [0.15, 0.2) is 0 Å². The standard InChI is InChI=1S/C19H20N2O4S/c1-21-16(22)11-14(17(21)15-3-2-10-26-15)18(23)20-9-8-12-4-6-13(7-5-12)19(24)25/h2-7,10,14,17H,8-9,11H2,1H3,(H,20,23)(H,24,25)/t14-,17+/m1/s1. The third kappa shape index (κ3) is 3.77. The van der Waals surface area contributed by atoms with Gasteiger partial charge in [-0.2, -0.15) is 0 Å². The van der Waals surface area contributed by atoms with Crippen LogP contribution in [0.2, 0.25) is 0 Å². The van der Waals surface area contributed by atoms with Crippen molar-refractivity contribution in [1.29, 1.82) is 0 Å². The van der Waals surface area contributed by atoms with E-state index >= 15 is 0 Å². The van der Waals surface area contributed by atoms with E-state index in [4.69, 9.17) is 5.11 Å². The molecule has 26 heavy (non-hydrogen) atoms. The first-order valence-corrected chi connectivity index (χ1v) is 9.24. The largest absolute Gasteiger partial charge is 0.478 e. The van der Waals surface area contributed by atoms with Crippen LogP contribution in [0.15, 0.2) is 41.8 Å². The Bertz CT molecular complexity index is 801. The summed E-state index contributed by atoms with van der Waals surface area (Å²) in [5.41, 5.74) is 1.19. The summed E-state index contributed by atoms with van der Waals surface area (Å²) in [7, 11) is 1.74. The average Bonchev–Trinajstić information content (AvgIpc) is 3.24. The van der Waals surface area contributed by atoms with Crippen LogP contribution in [-0.4, -0.2) is 41.4 Å². The number of aromatic carboxylic acids is 1. The number of amides is 2. The summed E-state index contributed by atoms with van der Waals surface area (Å²) in [6.45, 7) is 0.441. The van der Waals surface area contributed by atoms with Crippen LogP contribution in [0, 0.1) is 5.92 Å². The van der Waals surface area contributed by atoms with Crippen LogP contribution < -0.4 is 5.32 Å². The van der Waals surface area contributed by atoms with Crippen molar-refractivity contribution in [2.75, 3.05) is 13.6 Å². The molecule has 1 aliphatic rings. The molecule has 0 saturated carbocycles. The van der Waals surface area contributed by atoms with Gasteiger partial charge in [-0.3, -0.25) is 9.59 Å². The highest BCUT2D eigenvalue weighted by molar-refractivity contribution is 7.10. The molecule has 2 amide bonds. The maximum atomic E-state index is 12.6. The molecule has 1 aliphatic heterocycles. The molecule has 0 bridgehead atoms. The van der Waals surface area contributed by atoms with Crippen LogP contribution in [-0.2, 0) is 16.0 Å². The number of nitrogens with one attached hydrogen (secondary N) is 1. The number of carboxylic acid groups (broad SMARTS) is 1. The fraction of sp³-hybridized carbons (Fsp3) is 0.316. The Morgan fingerprint density at radius 1 is 1.27 bits per heavy atom. The van der Waals surface area contributed by atoms with Gasteiger partial charge in [-0.05, 0) is 35.6 Å². The van der Waals surface area contributed by atoms with Gasteiger partial charge in [-0.25, -0.2) is 4.79 Å². The number of thiophene rings is 1. The summed E-state index contributed by atoms with van der Waals surface area (Å²) in [6.07, 6.45) is 0.823. The van der Waals surface area contributed by atoms with E-state index in [2.05, 4.69) is 5.32 Å². The number of hydrogen-bond donors (Lipinski definition) is 2. The van der Waals surface area contributed by atoms with E-state index in [0.717, 1.165) is 10.4 Å². The zero-order chi connectivity index (χ0) is 18.7.